The molecule has 0 unspecified atom stereocenters. The molecule has 1 N–H and O–H groups in total. The van der Waals surface area contributed by atoms with Crippen molar-refractivity contribution in [3.8, 4) is 11.3 Å². The van der Waals surface area contributed by atoms with Gasteiger partial charge in [-0.3, -0.25) is 4.79 Å². The van der Waals surface area contributed by atoms with Crippen molar-refractivity contribution in [1.29, 1.82) is 0 Å². The first kappa shape index (κ1) is 17.3. The summed E-state index contributed by atoms with van der Waals surface area (Å²) < 4.78 is 5.67. The Kier molecular flexibility index (Phi) is 5.22. The van der Waals surface area contributed by atoms with Gasteiger partial charge in [0.15, 0.2) is 0 Å². The van der Waals surface area contributed by atoms with E-state index in [-0.39, 0.29) is 5.91 Å². The van der Waals surface area contributed by atoms with Crippen LogP contribution in [0.4, 0.5) is 0 Å². The van der Waals surface area contributed by atoms with Crippen LogP contribution in [-0.2, 0) is 0 Å². The predicted molar refractivity (Wildman–Crippen MR) is 100 cm³/mol. The molecule has 0 bridgehead atoms. The highest BCUT2D eigenvalue weighted by atomic mass is 35.5. The van der Waals surface area contributed by atoms with Crippen molar-refractivity contribution in [2.24, 2.45) is 5.10 Å². The molecule has 6 heteroatoms. The van der Waals surface area contributed by atoms with Crippen LogP contribution in [0.3, 0.4) is 0 Å². The van der Waals surface area contributed by atoms with E-state index in [1.165, 1.54) is 6.21 Å². The third kappa shape index (κ3) is 4.10. The van der Waals surface area contributed by atoms with Crippen molar-refractivity contribution >= 4 is 35.3 Å². The number of rotatable bonds is 4. The van der Waals surface area contributed by atoms with E-state index in [1.54, 1.807) is 36.4 Å². The standard InChI is InChI=1S/C19H14Cl2N2O2/c1-12-5-7-13(8-6-12)19(24)23-22-11-14-9-10-17(25-14)15-3-2-4-16(20)18(15)21/h2-11H,1H3,(H,23,24)/b22-11+. The van der Waals surface area contributed by atoms with E-state index in [4.69, 9.17) is 27.6 Å². The molecule has 1 amide bonds. The van der Waals surface area contributed by atoms with Crippen molar-refractivity contribution in [1.82, 2.24) is 5.43 Å². The number of halogens is 2. The number of hydrogen-bond donors (Lipinski definition) is 1. The molecule has 0 aliphatic rings. The molecule has 0 saturated carbocycles. The number of carbonyl (C=O) groups excluding carboxylic acids is 1. The van der Waals surface area contributed by atoms with Gasteiger partial charge in [0.2, 0.25) is 0 Å². The summed E-state index contributed by atoms with van der Waals surface area (Å²) in [7, 11) is 0. The van der Waals surface area contributed by atoms with Gasteiger partial charge < -0.3 is 4.42 Å². The average molecular weight is 373 g/mol. The molecular formula is C19H14Cl2N2O2. The van der Waals surface area contributed by atoms with Crippen LogP contribution in [0, 0.1) is 6.92 Å². The molecule has 0 radical (unpaired) electrons. The molecule has 4 nitrogen and oxygen atoms in total. The maximum Gasteiger partial charge on any atom is 0.271 e. The van der Waals surface area contributed by atoms with Gasteiger partial charge in [-0.05, 0) is 43.3 Å². The van der Waals surface area contributed by atoms with E-state index in [0.717, 1.165) is 5.56 Å². The molecule has 3 rings (SSSR count). The van der Waals surface area contributed by atoms with E-state index in [0.29, 0.717) is 32.7 Å². The summed E-state index contributed by atoms with van der Waals surface area (Å²) in [5, 5.41) is 4.79. The van der Waals surface area contributed by atoms with Crippen molar-refractivity contribution in [3.05, 3.63) is 81.5 Å². The fraction of sp³-hybridized carbons (Fsp3) is 0.0526. The molecule has 0 spiro atoms. The molecule has 126 valence electrons. The lowest BCUT2D eigenvalue weighted by molar-refractivity contribution is 0.0955. The van der Waals surface area contributed by atoms with Crippen LogP contribution in [0.25, 0.3) is 11.3 Å². The average Bonchev–Trinajstić information content (AvgIpc) is 3.06. The molecule has 0 aliphatic heterocycles. The molecule has 3 aromatic rings. The number of carbonyl (C=O) groups is 1. The first-order chi connectivity index (χ1) is 12.0. The molecule has 1 heterocycles. The summed E-state index contributed by atoms with van der Waals surface area (Å²) in [4.78, 5) is 12.0. The van der Waals surface area contributed by atoms with Gasteiger partial charge in [0.1, 0.15) is 11.5 Å². The Hall–Kier alpha value is -2.56. The van der Waals surface area contributed by atoms with Crippen LogP contribution in [-0.4, -0.2) is 12.1 Å². The predicted octanol–water partition coefficient (Wildman–Crippen LogP) is 5.33. The lowest BCUT2D eigenvalue weighted by Crippen LogP contribution is -2.17. The maximum atomic E-state index is 12.0. The van der Waals surface area contributed by atoms with Gasteiger partial charge in [-0.2, -0.15) is 5.10 Å². The molecule has 0 atom stereocenters. The van der Waals surface area contributed by atoms with Crippen LogP contribution in [0.1, 0.15) is 21.7 Å². The highest BCUT2D eigenvalue weighted by Gasteiger charge is 2.10. The van der Waals surface area contributed by atoms with Crippen LogP contribution in [0.2, 0.25) is 10.0 Å². The van der Waals surface area contributed by atoms with E-state index >= 15 is 0 Å². The molecule has 2 aromatic carbocycles. The van der Waals surface area contributed by atoms with Gasteiger partial charge >= 0.3 is 0 Å². The van der Waals surface area contributed by atoms with E-state index in [9.17, 15) is 4.79 Å². The van der Waals surface area contributed by atoms with E-state index in [2.05, 4.69) is 10.5 Å². The summed E-state index contributed by atoms with van der Waals surface area (Å²) >= 11 is 12.2. The van der Waals surface area contributed by atoms with Gasteiger partial charge in [-0.15, -0.1) is 0 Å². The van der Waals surface area contributed by atoms with Gasteiger partial charge in [0.25, 0.3) is 5.91 Å². The number of nitrogens with one attached hydrogen (secondary N) is 1. The van der Waals surface area contributed by atoms with Crippen LogP contribution < -0.4 is 5.43 Å². The summed E-state index contributed by atoms with van der Waals surface area (Å²) in [6.07, 6.45) is 1.42. The van der Waals surface area contributed by atoms with E-state index in [1.807, 2.05) is 25.1 Å². The lowest BCUT2D eigenvalue weighted by Gasteiger charge is -2.02. The van der Waals surface area contributed by atoms with Crippen molar-refractivity contribution in [2.45, 2.75) is 6.92 Å². The number of hydrazone groups is 1. The molecule has 0 saturated heterocycles. The van der Waals surface area contributed by atoms with Crippen LogP contribution >= 0.6 is 23.2 Å². The quantitative estimate of drug-likeness (QED) is 0.497. The minimum absolute atomic E-state index is 0.291. The highest BCUT2D eigenvalue weighted by molar-refractivity contribution is 6.43. The zero-order valence-electron chi connectivity index (χ0n) is 13.3. The number of aryl methyl sites for hydroxylation is 1. The number of furan rings is 1. The molecule has 25 heavy (non-hydrogen) atoms. The number of benzene rings is 2. The number of amides is 1. The van der Waals surface area contributed by atoms with Gasteiger partial charge in [0.05, 0.1) is 16.3 Å². The second-order valence-corrected chi connectivity index (χ2v) is 6.15. The van der Waals surface area contributed by atoms with Crippen molar-refractivity contribution in [2.75, 3.05) is 0 Å². The minimum atomic E-state index is -0.291. The third-order valence-electron chi connectivity index (χ3n) is 3.52. The van der Waals surface area contributed by atoms with Crippen LogP contribution in [0.15, 0.2) is 64.1 Å². The van der Waals surface area contributed by atoms with Gasteiger partial charge in [-0.1, -0.05) is 47.0 Å². The molecule has 0 aliphatic carbocycles. The van der Waals surface area contributed by atoms with Gasteiger partial charge in [-0.25, -0.2) is 5.43 Å². The maximum absolute atomic E-state index is 12.0. The Balaban J connectivity index is 1.69. The summed E-state index contributed by atoms with van der Waals surface area (Å²) in [6, 6.07) is 16.0. The lowest BCUT2D eigenvalue weighted by atomic mass is 10.1. The number of nitrogens with zero attached hydrogens (tertiary/aromatic N) is 1. The summed E-state index contributed by atoms with van der Waals surface area (Å²) in [5.74, 6) is 0.759. The zero-order chi connectivity index (χ0) is 17.8. The summed E-state index contributed by atoms with van der Waals surface area (Å²) in [5.41, 5.74) is 4.77. The van der Waals surface area contributed by atoms with Crippen LogP contribution in [0.5, 0.6) is 0 Å². The first-order valence-electron chi connectivity index (χ1n) is 7.49. The van der Waals surface area contributed by atoms with Gasteiger partial charge in [0, 0.05) is 11.1 Å². The fourth-order valence-corrected chi connectivity index (χ4v) is 2.58. The Morgan fingerprint density at radius 1 is 1.08 bits per heavy atom. The molecule has 0 fully saturated rings. The van der Waals surface area contributed by atoms with E-state index < -0.39 is 0 Å². The molecular weight excluding hydrogens is 359 g/mol. The number of hydrogen-bond acceptors (Lipinski definition) is 3. The summed E-state index contributed by atoms with van der Waals surface area (Å²) in [6.45, 7) is 1.96. The first-order valence-corrected chi connectivity index (χ1v) is 8.24. The topological polar surface area (TPSA) is 54.6 Å². The Bertz CT molecular complexity index is 931. The smallest absolute Gasteiger partial charge is 0.271 e. The second-order valence-electron chi connectivity index (χ2n) is 5.37. The Morgan fingerprint density at radius 2 is 1.84 bits per heavy atom. The monoisotopic (exact) mass is 372 g/mol. The molecule has 1 aromatic heterocycles. The Morgan fingerprint density at radius 3 is 2.60 bits per heavy atom. The van der Waals surface area contributed by atoms with Crippen molar-refractivity contribution in [3.63, 3.8) is 0 Å². The minimum Gasteiger partial charge on any atom is -0.455 e. The van der Waals surface area contributed by atoms with Crippen molar-refractivity contribution < 1.29 is 9.21 Å². The normalized spacial score (nSPS) is 11.0. The highest BCUT2D eigenvalue weighted by Crippen LogP contribution is 2.34. The fourth-order valence-electron chi connectivity index (χ4n) is 2.19. The zero-order valence-corrected chi connectivity index (χ0v) is 14.8. The SMILES string of the molecule is Cc1ccc(C(=O)N/N=C/c2ccc(-c3cccc(Cl)c3Cl)o2)cc1. The third-order valence-corrected chi connectivity index (χ3v) is 4.33. The Labute approximate surface area is 155 Å². The second kappa shape index (κ2) is 7.55. The largest absolute Gasteiger partial charge is 0.455 e.